The molecule has 132 valence electrons. The molecule has 0 radical (unpaired) electrons. The summed E-state index contributed by atoms with van der Waals surface area (Å²) in [5.41, 5.74) is -5.30. The van der Waals surface area contributed by atoms with Crippen LogP contribution in [0.5, 0.6) is 0 Å². The van der Waals surface area contributed by atoms with E-state index in [1.165, 1.54) is 0 Å². The zero-order chi connectivity index (χ0) is 18.5. The Bertz CT molecular complexity index is 928. The molecule has 1 amide bonds. The standard InChI is InChI=1S/C11H8F6N4O2S/c1-24(2,23)20-9(22)5-4-18-21-7(11(15,16)17)3-6(10(12,13)14)19-8(5)21/h3-4H,1-2H3. The Labute approximate surface area is 130 Å². The maximum atomic E-state index is 13.0. The van der Waals surface area contributed by atoms with Gasteiger partial charge in [0.1, 0.15) is 11.3 Å². The van der Waals surface area contributed by atoms with Crippen LogP contribution in [0, 0.1) is 0 Å². The number of aromatic nitrogens is 3. The fraction of sp³-hybridized carbons (Fsp3) is 0.364. The molecule has 0 saturated heterocycles. The van der Waals surface area contributed by atoms with Crippen LogP contribution in [0.15, 0.2) is 16.6 Å². The first-order chi connectivity index (χ1) is 10.7. The van der Waals surface area contributed by atoms with Crippen LogP contribution in [0.4, 0.5) is 26.3 Å². The van der Waals surface area contributed by atoms with E-state index in [-0.39, 0.29) is 10.6 Å². The van der Waals surface area contributed by atoms with Gasteiger partial charge in [0.15, 0.2) is 11.3 Å². The maximum Gasteiger partial charge on any atom is 0.433 e. The molecule has 0 spiro atoms. The van der Waals surface area contributed by atoms with Gasteiger partial charge < -0.3 is 0 Å². The lowest BCUT2D eigenvalue weighted by atomic mass is 10.2. The average Bonchev–Trinajstić information content (AvgIpc) is 2.76. The van der Waals surface area contributed by atoms with Crippen molar-refractivity contribution >= 4 is 21.3 Å². The third-order valence-corrected chi connectivity index (χ3v) is 3.19. The number of amides is 1. The molecule has 0 aliphatic rings. The van der Waals surface area contributed by atoms with Crippen LogP contribution < -0.4 is 0 Å². The van der Waals surface area contributed by atoms with Crippen molar-refractivity contribution in [2.75, 3.05) is 12.5 Å². The first-order valence-electron chi connectivity index (χ1n) is 5.95. The molecule has 0 N–H and O–H groups in total. The van der Waals surface area contributed by atoms with E-state index in [4.69, 9.17) is 0 Å². The van der Waals surface area contributed by atoms with Crippen LogP contribution in [-0.2, 0) is 22.1 Å². The van der Waals surface area contributed by atoms with Crippen molar-refractivity contribution in [2.24, 2.45) is 4.36 Å². The smallest absolute Gasteiger partial charge is 0.266 e. The van der Waals surface area contributed by atoms with Crippen LogP contribution in [0.25, 0.3) is 5.65 Å². The number of alkyl halides is 6. The van der Waals surface area contributed by atoms with E-state index in [0.29, 0.717) is 6.20 Å². The van der Waals surface area contributed by atoms with Crippen LogP contribution in [0.2, 0.25) is 0 Å². The number of rotatable bonds is 1. The number of carbonyl (C=O) groups is 1. The predicted molar refractivity (Wildman–Crippen MR) is 69.7 cm³/mol. The van der Waals surface area contributed by atoms with Gasteiger partial charge >= 0.3 is 12.4 Å². The number of hydrogen-bond acceptors (Lipinski definition) is 4. The lowest BCUT2D eigenvalue weighted by Crippen LogP contribution is -2.18. The van der Waals surface area contributed by atoms with E-state index in [0.717, 1.165) is 12.5 Å². The van der Waals surface area contributed by atoms with Gasteiger partial charge in [0.2, 0.25) is 0 Å². The first kappa shape index (κ1) is 18.2. The van der Waals surface area contributed by atoms with E-state index in [2.05, 4.69) is 14.4 Å². The van der Waals surface area contributed by atoms with Gasteiger partial charge in [0, 0.05) is 22.2 Å². The molecule has 6 nitrogen and oxygen atoms in total. The first-order valence-corrected chi connectivity index (χ1v) is 8.28. The Morgan fingerprint density at radius 2 is 1.75 bits per heavy atom. The van der Waals surface area contributed by atoms with Crippen molar-refractivity contribution in [3.05, 3.63) is 29.2 Å². The molecule has 13 heteroatoms. The Balaban J connectivity index is 2.84. The summed E-state index contributed by atoms with van der Waals surface area (Å²) in [5, 5.41) is 3.25. The third kappa shape index (κ3) is 3.66. The summed E-state index contributed by atoms with van der Waals surface area (Å²) in [6, 6.07) is -0.214. The van der Waals surface area contributed by atoms with Gasteiger partial charge in [-0.1, -0.05) is 0 Å². The van der Waals surface area contributed by atoms with E-state index in [9.17, 15) is 35.3 Å². The van der Waals surface area contributed by atoms with Crippen LogP contribution in [-0.4, -0.2) is 37.2 Å². The van der Waals surface area contributed by atoms with Crippen molar-refractivity contribution in [1.29, 1.82) is 0 Å². The monoisotopic (exact) mass is 374 g/mol. The number of halogens is 6. The molecule has 0 aromatic carbocycles. The molecule has 0 aliphatic heterocycles. The highest BCUT2D eigenvalue weighted by Crippen LogP contribution is 2.35. The fourth-order valence-corrected chi connectivity index (χ4v) is 2.21. The summed E-state index contributed by atoms with van der Waals surface area (Å²) in [6.45, 7) is 0. The Hall–Kier alpha value is -2.18. The van der Waals surface area contributed by atoms with Crippen molar-refractivity contribution in [2.45, 2.75) is 12.4 Å². The molecule has 0 unspecified atom stereocenters. The van der Waals surface area contributed by atoms with E-state index in [1.54, 1.807) is 0 Å². The predicted octanol–water partition coefficient (Wildman–Crippen LogP) is 2.63. The molecule has 24 heavy (non-hydrogen) atoms. The normalized spacial score (nSPS) is 13.3. The van der Waals surface area contributed by atoms with Gasteiger partial charge in [0.25, 0.3) is 5.91 Å². The molecule has 0 atom stereocenters. The molecular formula is C11H8F6N4O2S. The highest BCUT2D eigenvalue weighted by atomic mass is 32.2. The minimum atomic E-state index is -5.17. The van der Waals surface area contributed by atoms with Crippen molar-refractivity contribution in [3.8, 4) is 0 Å². The Morgan fingerprint density at radius 1 is 1.17 bits per heavy atom. The minimum absolute atomic E-state index is 0.0606. The van der Waals surface area contributed by atoms with E-state index in [1.807, 2.05) is 0 Å². The second-order valence-corrected chi connectivity index (χ2v) is 7.44. The van der Waals surface area contributed by atoms with E-state index < -0.39 is 50.6 Å². The largest absolute Gasteiger partial charge is 0.433 e. The third-order valence-electron chi connectivity index (χ3n) is 2.59. The van der Waals surface area contributed by atoms with Crippen LogP contribution >= 0.6 is 0 Å². The molecule has 0 saturated carbocycles. The van der Waals surface area contributed by atoms with Crippen molar-refractivity contribution in [3.63, 3.8) is 0 Å². The summed E-state index contributed by atoms with van der Waals surface area (Å²) >= 11 is 0. The topological polar surface area (TPSA) is 76.7 Å². The van der Waals surface area contributed by atoms with E-state index >= 15 is 0 Å². The second kappa shape index (κ2) is 5.43. The zero-order valence-electron chi connectivity index (χ0n) is 11.9. The number of fused-ring (bicyclic) bond motifs is 1. The maximum absolute atomic E-state index is 13.0. The van der Waals surface area contributed by atoms with Crippen LogP contribution in [0.3, 0.4) is 0 Å². The molecule has 2 heterocycles. The average molecular weight is 374 g/mol. The number of hydrogen-bond donors (Lipinski definition) is 0. The van der Waals surface area contributed by atoms with Gasteiger partial charge in [-0.3, -0.25) is 4.79 Å². The summed E-state index contributed by atoms with van der Waals surface area (Å²) in [7, 11) is -2.98. The van der Waals surface area contributed by atoms with Gasteiger partial charge in [-0.15, -0.1) is 0 Å². The van der Waals surface area contributed by atoms with Crippen molar-refractivity contribution in [1.82, 2.24) is 14.6 Å². The lowest BCUT2D eigenvalue weighted by Gasteiger charge is -2.12. The number of carbonyl (C=O) groups excluding carboxylic acids is 1. The molecule has 2 aromatic heterocycles. The van der Waals surface area contributed by atoms with Gasteiger partial charge in [-0.25, -0.2) is 13.7 Å². The highest BCUT2D eigenvalue weighted by molar-refractivity contribution is 7.92. The van der Waals surface area contributed by atoms with Gasteiger partial charge in [-0.05, 0) is 6.07 Å². The summed E-state index contributed by atoms with van der Waals surface area (Å²) in [5.74, 6) is -1.28. The summed E-state index contributed by atoms with van der Waals surface area (Å²) in [6.07, 6.45) is -7.60. The van der Waals surface area contributed by atoms with Crippen molar-refractivity contribution < 1.29 is 35.3 Å². The second-order valence-electron chi connectivity index (χ2n) is 4.89. The molecule has 2 aromatic rings. The fourth-order valence-electron chi connectivity index (χ4n) is 1.71. The minimum Gasteiger partial charge on any atom is -0.266 e. The number of nitrogens with zero attached hydrogens (tertiary/aromatic N) is 4. The molecule has 0 aliphatic carbocycles. The summed E-state index contributed by atoms with van der Waals surface area (Å²) in [4.78, 5) is 14.9. The van der Waals surface area contributed by atoms with Crippen LogP contribution in [0.1, 0.15) is 21.7 Å². The molecular weight excluding hydrogens is 366 g/mol. The molecule has 2 rings (SSSR count). The van der Waals surface area contributed by atoms with Gasteiger partial charge in [0.05, 0.1) is 6.20 Å². The molecule has 0 bridgehead atoms. The lowest BCUT2D eigenvalue weighted by molar-refractivity contribution is -0.148. The van der Waals surface area contributed by atoms with Gasteiger partial charge in [-0.2, -0.15) is 35.8 Å². The SMILES string of the molecule is CS(C)(=O)=NC(=O)c1cnn2c(C(F)(F)F)cc(C(F)(F)F)nc12. The zero-order valence-corrected chi connectivity index (χ0v) is 12.8. The highest BCUT2D eigenvalue weighted by Gasteiger charge is 2.41. The Morgan fingerprint density at radius 3 is 2.21 bits per heavy atom. The summed E-state index contributed by atoms with van der Waals surface area (Å²) < 4.78 is 92.0. The molecule has 0 fully saturated rings. The quantitative estimate of drug-likeness (QED) is 0.719. The Kier molecular flexibility index (Phi) is 4.11.